The molecule has 1 aliphatic heterocycles. The third kappa shape index (κ3) is 2.68. The molecule has 0 bridgehead atoms. The topological polar surface area (TPSA) is 63.5 Å². The maximum atomic E-state index is 11.6. The molecule has 6 nitrogen and oxygen atoms in total. The van der Waals surface area contributed by atoms with Crippen molar-refractivity contribution < 1.29 is 14.5 Å². The highest BCUT2D eigenvalue weighted by atomic mass is 16.9. The Balaban J connectivity index is 1.90. The number of carbonyl (C=O) groups excluding carboxylic acids is 1. The molecular formula is C10H13N3O3. The summed E-state index contributed by atoms with van der Waals surface area (Å²) in [5.41, 5.74) is 2.73. The molecule has 1 fully saturated rings. The van der Waals surface area contributed by atoms with Gasteiger partial charge in [0, 0.05) is 13.1 Å². The smallest absolute Gasteiger partial charge is 0.272 e. The molecule has 0 aliphatic carbocycles. The Bertz CT molecular complexity index is 362. The highest BCUT2D eigenvalue weighted by molar-refractivity contribution is 5.93. The lowest BCUT2D eigenvalue weighted by Crippen LogP contribution is -2.19. The zero-order chi connectivity index (χ0) is 11.4. The Morgan fingerprint density at radius 3 is 2.94 bits per heavy atom. The van der Waals surface area contributed by atoms with Crippen molar-refractivity contribution in [1.29, 1.82) is 0 Å². The number of rotatable bonds is 5. The number of aromatic nitrogens is 1. The number of hydrogen-bond donors (Lipinski definition) is 1. The zero-order valence-corrected chi connectivity index (χ0v) is 8.97. The maximum Gasteiger partial charge on any atom is 0.272 e. The van der Waals surface area contributed by atoms with Crippen LogP contribution in [0.5, 0.6) is 5.75 Å². The molecule has 0 saturated carbocycles. The molecule has 1 aromatic rings. The monoisotopic (exact) mass is 223 g/mol. The van der Waals surface area contributed by atoms with E-state index in [0.29, 0.717) is 18.1 Å². The number of nitrogens with zero attached hydrogens (tertiary/aromatic N) is 2. The summed E-state index contributed by atoms with van der Waals surface area (Å²) in [5.74, 6) is 0.458. The minimum absolute atomic E-state index is 0.0377. The van der Waals surface area contributed by atoms with Crippen LogP contribution in [0.15, 0.2) is 18.3 Å². The molecule has 1 amide bonds. The first-order valence-electron chi connectivity index (χ1n) is 5.10. The summed E-state index contributed by atoms with van der Waals surface area (Å²) in [4.78, 5) is 27.1. The molecule has 1 aromatic heterocycles. The molecule has 0 spiro atoms. The normalized spacial score (nSPS) is 13.7. The molecule has 0 aromatic carbocycles. The average Bonchev–Trinajstić information content (AvgIpc) is 3.13. The second-order valence-corrected chi connectivity index (χ2v) is 3.29. The summed E-state index contributed by atoms with van der Waals surface area (Å²) in [6.07, 6.45) is 1.47. The molecule has 2 rings (SSSR count). The first kappa shape index (κ1) is 10.8. The van der Waals surface area contributed by atoms with Crippen molar-refractivity contribution >= 4 is 5.91 Å². The van der Waals surface area contributed by atoms with E-state index >= 15 is 0 Å². The minimum atomic E-state index is -0.0377. The van der Waals surface area contributed by atoms with Crippen molar-refractivity contribution in [3.63, 3.8) is 0 Å². The van der Waals surface area contributed by atoms with Crippen LogP contribution in [-0.4, -0.2) is 35.5 Å². The summed E-state index contributed by atoms with van der Waals surface area (Å²) >= 11 is 0. The van der Waals surface area contributed by atoms with Gasteiger partial charge in [-0.25, -0.2) is 4.98 Å². The predicted octanol–water partition coefficient (Wildman–Crippen LogP) is 0.372. The molecule has 1 N–H and O–H groups in total. The molecule has 6 heteroatoms. The highest BCUT2D eigenvalue weighted by Gasteiger charge is 2.25. The van der Waals surface area contributed by atoms with Gasteiger partial charge in [0.15, 0.2) is 5.75 Å². The largest absolute Gasteiger partial charge is 0.382 e. The number of carbonyl (C=O) groups is 1. The fraction of sp³-hybridized carbons (Fsp3) is 0.400. The molecule has 86 valence electrons. The minimum Gasteiger partial charge on any atom is -0.382 e. The van der Waals surface area contributed by atoms with Crippen LogP contribution in [-0.2, 0) is 4.84 Å². The Labute approximate surface area is 93.1 Å². The van der Waals surface area contributed by atoms with Crippen molar-refractivity contribution in [1.82, 2.24) is 15.5 Å². The van der Waals surface area contributed by atoms with E-state index in [4.69, 9.17) is 9.68 Å². The van der Waals surface area contributed by atoms with E-state index in [0.717, 1.165) is 13.1 Å². The van der Waals surface area contributed by atoms with Gasteiger partial charge in [0.05, 0.1) is 12.8 Å². The van der Waals surface area contributed by atoms with Gasteiger partial charge in [-0.15, -0.1) is 0 Å². The first-order valence-corrected chi connectivity index (χ1v) is 5.10. The Hall–Kier alpha value is -1.66. The van der Waals surface area contributed by atoms with Crippen LogP contribution in [0, 0.1) is 0 Å². The van der Waals surface area contributed by atoms with Gasteiger partial charge in [0.25, 0.3) is 5.91 Å². The van der Waals surface area contributed by atoms with E-state index in [1.807, 2.05) is 6.92 Å². The van der Waals surface area contributed by atoms with E-state index in [9.17, 15) is 4.79 Å². The fourth-order valence-corrected chi connectivity index (χ4v) is 1.12. The second-order valence-electron chi connectivity index (χ2n) is 3.29. The van der Waals surface area contributed by atoms with Crippen molar-refractivity contribution in [3.8, 4) is 5.75 Å². The first-order chi connectivity index (χ1) is 7.81. The predicted molar refractivity (Wildman–Crippen MR) is 55.5 cm³/mol. The average molecular weight is 223 g/mol. The van der Waals surface area contributed by atoms with Crippen molar-refractivity contribution in [2.75, 3.05) is 19.7 Å². The third-order valence-electron chi connectivity index (χ3n) is 2.05. The lowest BCUT2D eigenvalue weighted by atomic mass is 10.3. The zero-order valence-electron chi connectivity index (χ0n) is 8.97. The van der Waals surface area contributed by atoms with Crippen molar-refractivity contribution in [3.05, 3.63) is 24.0 Å². The molecule has 0 unspecified atom stereocenters. The van der Waals surface area contributed by atoms with E-state index in [1.165, 1.54) is 6.20 Å². The molecule has 1 saturated heterocycles. The summed E-state index contributed by atoms with van der Waals surface area (Å²) in [6.45, 7) is 3.98. The van der Waals surface area contributed by atoms with Gasteiger partial charge < -0.3 is 9.74 Å². The summed E-state index contributed by atoms with van der Waals surface area (Å²) in [5, 5.41) is 0. The Kier molecular flexibility index (Phi) is 3.33. The molecule has 2 heterocycles. The molecule has 16 heavy (non-hydrogen) atoms. The molecule has 0 radical (unpaired) electrons. The van der Waals surface area contributed by atoms with E-state index in [2.05, 4.69) is 10.6 Å². The van der Waals surface area contributed by atoms with Gasteiger partial charge >= 0.3 is 0 Å². The van der Waals surface area contributed by atoms with Crippen LogP contribution < -0.4 is 10.5 Å². The summed E-state index contributed by atoms with van der Waals surface area (Å²) in [6, 6.07) is 3.29. The molecular weight excluding hydrogens is 210 g/mol. The Morgan fingerprint density at radius 1 is 1.56 bits per heavy atom. The van der Waals surface area contributed by atoms with Gasteiger partial charge in [-0.3, -0.25) is 9.63 Å². The fourth-order valence-electron chi connectivity index (χ4n) is 1.12. The SMILES string of the molecule is CCONOc1ccc(C(=O)N2CC2)nc1. The Morgan fingerprint density at radius 2 is 2.38 bits per heavy atom. The third-order valence-corrected chi connectivity index (χ3v) is 2.05. The number of nitrogens with one attached hydrogen (secondary N) is 1. The van der Waals surface area contributed by atoms with E-state index in [1.54, 1.807) is 17.0 Å². The lowest BCUT2D eigenvalue weighted by molar-refractivity contribution is -0.102. The van der Waals surface area contributed by atoms with Gasteiger partial charge in [0.1, 0.15) is 5.69 Å². The van der Waals surface area contributed by atoms with Crippen LogP contribution in [0.25, 0.3) is 0 Å². The van der Waals surface area contributed by atoms with Gasteiger partial charge in [0.2, 0.25) is 0 Å². The molecule has 0 atom stereocenters. The second kappa shape index (κ2) is 4.91. The quantitative estimate of drug-likeness (QED) is 0.444. The maximum absolute atomic E-state index is 11.6. The van der Waals surface area contributed by atoms with Gasteiger partial charge in [-0.2, -0.15) is 0 Å². The lowest BCUT2D eigenvalue weighted by Gasteiger charge is -2.05. The van der Waals surface area contributed by atoms with Gasteiger partial charge in [-0.05, 0) is 24.7 Å². The summed E-state index contributed by atoms with van der Waals surface area (Å²) in [7, 11) is 0. The standard InChI is InChI=1S/C10H13N3O3/c1-2-15-12-16-8-3-4-9(11-7-8)10(14)13-5-6-13/h3-4,7,12H,2,5-6H2,1H3. The summed E-state index contributed by atoms with van der Waals surface area (Å²) < 4.78 is 0. The van der Waals surface area contributed by atoms with Crippen molar-refractivity contribution in [2.24, 2.45) is 0 Å². The van der Waals surface area contributed by atoms with Crippen molar-refractivity contribution in [2.45, 2.75) is 6.92 Å². The van der Waals surface area contributed by atoms with E-state index in [-0.39, 0.29) is 5.91 Å². The number of pyridine rings is 1. The highest BCUT2D eigenvalue weighted by Crippen LogP contribution is 2.13. The number of amides is 1. The molecule has 1 aliphatic rings. The van der Waals surface area contributed by atoms with Crippen LogP contribution in [0.4, 0.5) is 0 Å². The van der Waals surface area contributed by atoms with Crippen LogP contribution in [0.3, 0.4) is 0 Å². The van der Waals surface area contributed by atoms with Crippen LogP contribution in [0.2, 0.25) is 0 Å². The van der Waals surface area contributed by atoms with E-state index < -0.39 is 0 Å². The van der Waals surface area contributed by atoms with Crippen LogP contribution >= 0.6 is 0 Å². The van der Waals surface area contributed by atoms with Crippen LogP contribution in [0.1, 0.15) is 17.4 Å². The number of hydrogen-bond acceptors (Lipinski definition) is 5. The van der Waals surface area contributed by atoms with Gasteiger partial charge in [-0.1, -0.05) is 0 Å².